The van der Waals surface area contributed by atoms with Crippen molar-refractivity contribution in [3.05, 3.63) is 0 Å². The maximum absolute atomic E-state index is 4.63. The smallest absolute Gasteiger partial charge is 0.0675 e. The fraction of sp³-hybridized carbons (Fsp3) is 1.00. The minimum atomic E-state index is -0.331. The fourth-order valence-corrected chi connectivity index (χ4v) is 4.31. The third kappa shape index (κ3) is 9.11. The highest BCUT2D eigenvalue weighted by molar-refractivity contribution is 8.02. The lowest BCUT2D eigenvalue weighted by Gasteiger charge is -2.31. The average molecular weight is 363 g/mol. The molecule has 0 aromatic carbocycles. The van der Waals surface area contributed by atoms with Crippen molar-refractivity contribution in [1.29, 1.82) is 0 Å². The second-order valence-electron chi connectivity index (χ2n) is 4.46. The van der Waals surface area contributed by atoms with E-state index >= 15 is 0 Å². The lowest BCUT2D eigenvalue weighted by molar-refractivity contribution is 0.709. The van der Waals surface area contributed by atoms with E-state index < -0.39 is 0 Å². The Bertz CT molecular complexity index is 197. The van der Waals surface area contributed by atoms with E-state index in [9.17, 15) is 0 Å². The summed E-state index contributed by atoms with van der Waals surface area (Å²) in [5.41, 5.74) is 0. The van der Waals surface area contributed by atoms with Gasteiger partial charge in [-0.05, 0) is 30.8 Å². The summed E-state index contributed by atoms with van der Waals surface area (Å²) in [4.78, 5) is 0. The lowest BCUT2D eigenvalue weighted by Crippen LogP contribution is -2.35. The molecule has 0 aliphatic rings. The van der Waals surface area contributed by atoms with Crippen molar-refractivity contribution >= 4 is 74.9 Å². The molecule has 0 saturated carbocycles. The zero-order valence-corrected chi connectivity index (χ0v) is 16.2. The second kappa shape index (κ2) is 11.7. The first kappa shape index (κ1) is 20.1. The van der Waals surface area contributed by atoms with E-state index in [0.717, 1.165) is 17.9 Å². The highest BCUT2D eigenvalue weighted by Crippen LogP contribution is 2.36. The number of hydrogen-bond acceptors (Lipinski definition) is 6. The normalized spacial score (nSPS) is 15.7. The average Bonchev–Trinajstić information content (AvgIpc) is 2.36. The molecule has 0 saturated heterocycles. The maximum Gasteiger partial charge on any atom is 0.0675 e. The van der Waals surface area contributed by atoms with Crippen LogP contribution in [0.1, 0.15) is 39.0 Å². The van der Waals surface area contributed by atoms with Crippen LogP contribution in [0, 0.1) is 0 Å². The van der Waals surface area contributed by atoms with Crippen LogP contribution in [0.25, 0.3) is 0 Å². The molecule has 18 heavy (non-hydrogen) atoms. The number of hydrogen-bond donors (Lipinski definition) is 5. The number of thiol groups is 5. The van der Waals surface area contributed by atoms with E-state index in [1.54, 1.807) is 0 Å². The first-order valence-corrected chi connectivity index (χ1v) is 10.2. The van der Waals surface area contributed by atoms with Gasteiger partial charge in [0.25, 0.3) is 0 Å². The van der Waals surface area contributed by atoms with Gasteiger partial charge in [0.1, 0.15) is 0 Å². The molecule has 0 aromatic heterocycles. The van der Waals surface area contributed by atoms with E-state index in [0.29, 0.717) is 0 Å². The van der Waals surface area contributed by atoms with Gasteiger partial charge in [-0.3, -0.25) is 0 Å². The molecule has 0 fully saturated rings. The lowest BCUT2D eigenvalue weighted by atomic mass is 10.2. The summed E-state index contributed by atoms with van der Waals surface area (Å²) >= 11 is 24.5. The molecule has 0 aromatic rings. The van der Waals surface area contributed by atoms with Crippen LogP contribution in [0.4, 0.5) is 0 Å². The van der Waals surface area contributed by atoms with Gasteiger partial charge in [0.05, 0.1) is 4.08 Å². The Balaban J connectivity index is 3.61. The minimum absolute atomic E-state index is 0.106. The second-order valence-corrected chi connectivity index (χ2v) is 9.22. The van der Waals surface area contributed by atoms with Crippen molar-refractivity contribution in [3.63, 3.8) is 0 Å². The summed E-state index contributed by atoms with van der Waals surface area (Å²) in [7, 11) is 0. The molecule has 6 heteroatoms. The third-order valence-corrected chi connectivity index (χ3v) is 7.69. The molecule has 0 nitrogen and oxygen atoms in total. The molecular weight excluding hydrogens is 337 g/mol. The van der Waals surface area contributed by atoms with Crippen LogP contribution < -0.4 is 0 Å². The van der Waals surface area contributed by atoms with Crippen molar-refractivity contribution < 1.29 is 0 Å². The summed E-state index contributed by atoms with van der Waals surface area (Å²) < 4.78 is -0.331. The van der Waals surface area contributed by atoms with Gasteiger partial charge in [0, 0.05) is 16.3 Å². The molecule has 0 aliphatic carbocycles. The Morgan fingerprint density at radius 1 is 1.06 bits per heavy atom. The van der Waals surface area contributed by atoms with Crippen LogP contribution in [0.5, 0.6) is 0 Å². The van der Waals surface area contributed by atoms with Crippen LogP contribution in [0.15, 0.2) is 0 Å². The molecule has 2 unspecified atom stereocenters. The van der Waals surface area contributed by atoms with Crippen molar-refractivity contribution in [2.75, 3.05) is 17.3 Å². The Morgan fingerprint density at radius 2 is 1.67 bits per heavy atom. The molecule has 0 aliphatic heterocycles. The molecule has 0 spiro atoms. The Morgan fingerprint density at radius 3 is 2.22 bits per heavy atom. The third-order valence-electron chi connectivity index (χ3n) is 2.84. The van der Waals surface area contributed by atoms with Gasteiger partial charge >= 0.3 is 0 Å². The van der Waals surface area contributed by atoms with Crippen LogP contribution in [-0.4, -0.2) is 31.8 Å². The molecule has 2 atom stereocenters. The quantitative estimate of drug-likeness (QED) is 0.200. The summed E-state index contributed by atoms with van der Waals surface area (Å²) in [6.45, 7) is 2.08. The molecule has 0 rings (SSSR count). The largest absolute Gasteiger partial charge is 0.179 e. The monoisotopic (exact) mass is 362 g/mol. The van der Waals surface area contributed by atoms with Crippen molar-refractivity contribution in [3.8, 4) is 0 Å². The first-order valence-electron chi connectivity index (χ1n) is 6.45. The van der Waals surface area contributed by atoms with E-state index in [4.69, 9.17) is 0 Å². The SMILES string of the molecule is CCC(S)(S)C(S)C(S)CSCCCCCCS. The standard InChI is InChI=1S/C12H26S6/c1-2-12(16,17)11(15)10(14)9-18-8-6-4-3-5-7-13/h10-11,13-17H,2-9H2,1H3. The molecule has 0 radical (unpaired) electrons. The van der Waals surface area contributed by atoms with E-state index in [1.165, 1.54) is 31.4 Å². The molecule has 0 amide bonds. The summed E-state index contributed by atoms with van der Waals surface area (Å²) in [6.07, 6.45) is 6.03. The highest BCUT2D eigenvalue weighted by Gasteiger charge is 2.31. The van der Waals surface area contributed by atoms with Crippen molar-refractivity contribution in [2.24, 2.45) is 0 Å². The summed E-state index contributed by atoms with van der Waals surface area (Å²) in [6, 6.07) is 0. The summed E-state index contributed by atoms with van der Waals surface area (Å²) in [5, 5.41) is 0.347. The topological polar surface area (TPSA) is 0 Å². The van der Waals surface area contributed by atoms with Gasteiger partial charge in [0.2, 0.25) is 0 Å². The number of unbranched alkanes of at least 4 members (excludes halogenated alkanes) is 3. The van der Waals surface area contributed by atoms with Crippen LogP contribution in [-0.2, 0) is 0 Å². The van der Waals surface area contributed by atoms with Crippen LogP contribution >= 0.6 is 74.9 Å². The molecule has 0 N–H and O–H groups in total. The molecular formula is C12H26S6. The zero-order chi connectivity index (χ0) is 14.0. The Kier molecular flexibility index (Phi) is 13.1. The predicted molar refractivity (Wildman–Crippen MR) is 106 cm³/mol. The van der Waals surface area contributed by atoms with Gasteiger partial charge < -0.3 is 0 Å². The highest BCUT2D eigenvalue weighted by atomic mass is 32.2. The maximum atomic E-state index is 4.63. The van der Waals surface area contributed by atoms with E-state index in [-0.39, 0.29) is 14.6 Å². The summed E-state index contributed by atoms with van der Waals surface area (Å²) in [5.74, 6) is 3.24. The van der Waals surface area contributed by atoms with Crippen LogP contribution in [0.3, 0.4) is 0 Å². The molecule has 0 bridgehead atoms. The van der Waals surface area contributed by atoms with Crippen LogP contribution in [0.2, 0.25) is 0 Å². The van der Waals surface area contributed by atoms with Gasteiger partial charge in [-0.1, -0.05) is 19.8 Å². The van der Waals surface area contributed by atoms with Gasteiger partial charge in [-0.15, -0.1) is 0 Å². The number of thioether (sulfide) groups is 1. The van der Waals surface area contributed by atoms with Gasteiger partial charge in [-0.2, -0.15) is 74.9 Å². The van der Waals surface area contributed by atoms with E-state index in [2.05, 4.69) is 70.1 Å². The molecule has 0 heterocycles. The number of rotatable bonds is 11. The van der Waals surface area contributed by atoms with Gasteiger partial charge in [0.15, 0.2) is 0 Å². The Hall–Kier alpha value is 2.10. The van der Waals surface area contributed by atoms with E-state index in [1.807, 2.05) is 11.8 Å². The van der Waals surface area contributed by atoms with Crippen molar-refractivity contribution in [2.45, 2.75) is 53.6 Å². The molecule has 110 valence electrons. The fourth-order valence-electron chi connectivity index (χ4n) is 1.48. The predicted octanol–water partition coefficient (Wildman–Crippen LogP) is 4.77. The van der Waals surface area contributed by atoms with Gasteiger partial charge in [-0.25, -0.2) is 0 Å². The minimum Gasteiger partial charge on any atom is -0.179 e. The van der Waals surface area contributed by atoms with Crippen molar-refractivity contribution in [1.82, 2.24) is 0 Å². The zero-order valence-electron chi connectivity index (χ0n) is 11.0. The first-order chi connectivity index (χ1) is 8.45. The Labute approximate surface area is 145 Å².